The molecule has 0 saturated heterocycles. The van der Waals surface area contributed by atoms with E-state index in [0.29, 0.717) is 86.9 Å². The van der Waals surface area contributed by atoms with E-state index in [1.165, 1.54) is 55.3 Å². The number of carbonyl (C=O) groups excluding carboxylic acids is 4. The molecule has 8 aliphatic carbocycles. The minimum absolute atomic E-state index is 0.000690. The second-order valence-corrected chi connectivity index (χ2v) is 56.2. The van der Waals surface area contributed by atoms with Gasteiger partial charge in [0, 0.05) is 151 Å². The van der Waals surface area contributed by atoms with E-state index < -0.39 is 23.9 Å². The van der Waals surface area contributed by atoms with Crippen LogP contribution in [-0.2, 0) is 32.8 Å². The average Bonchev–Trinajstić information content (AvgIpc) is 1.67. The van der Waals surface area contributed by atoms with Crippen LogP contribution in [0.5, 0.6) is 0 Å². The summed E-state index contributed by atoms with van der Waals surface area (Å²) in [6.45, 7) is 36.5. The van der Waals surface area contributed by atoms with E-state index in [4.69, 9.17) is 0 Å². The van der Waals surface area contributed by atoms with Crippen LogP contribution in [0.2, 0.25) is 0 Å². The van der Waals surface area contributed by atoms with Crippen LogP contribution >= 0.6 is 92.4 Å². The molecule has 9 aliphatic rings. The van der Waals surface area contributed by atoms with Gasteiger partial charge in [0.25, 0.3) is 0 Å². The van der Waals surface area contributed by atoms with Gasteiger partial charge in [0.1, 0.15) is 31.6 Å². The van der Waals surface area contributed by atoms with Crippen LogP contribution in [0.4, 0.5) is 22.7 Å². The van der Waals surface area contributed by atoms with Gasteiger partial charge in [0.05, 0.1) is 42.3 Å². The number of anilines is 4. The number of imidazole rings is 1. The van der Waals surface area contributed by atoms with Crippen LogP contribution < -0.4 is 24.2 Å². The molecule has 0 unspecified atom stereocenters. The molecule has 7 aromatic rings. The number of carboxylic acids is 4. The molecule has 0 radical (unpaired) electrons. The highest BCUT2D eigenvalue weighted by molar-refractivity contribution is 8.14. The van der Waals surface area contributed by atoms with Crippen LogP contribution in [0.1, 0.15) is 388 Å². The molecule has 8 fully saturated rings. The third kappa shape index (κ3) is 34.0. The lowest BCUT2D eigenvalue weighted by atomic mass is 9.81. The summed E-state index contributed by atoms with van der Waals surface area (Å²) >= 11 is 12.2. The van der Waals surface area contributed by atoms with E-state index in [9.17, 15) is 58.8 Å². The average molecular weight is 2180 g/mol. The smallest absolute Gasteiger partial charge is 0.348 e. The third-order valence-electron chi connectivity index (χ3n) is 29.7. The lowest BCUT2D eigenvalue weighted by molar-refractivity contribution is -0.708. The largest absolute Gasteiger partial charge is 0.477 e. The summed E-state index contributed by atoms with van der Waals surface area (Å²) in [5.41, 5.74) is 1.43. The summed E-state index contributed by atoms with van der Waals surface area (Å²) < 4.78 is 4.32. The van der Waals surface area contributed by atoms with E-state index in [1.54, 1.807) is 11.8 Å². The Kier molecular flexibility index (Phi) is 42.2. The monoisotopic (exact) mass is 2170 g/mol. The molecular weight excluding hydrogens is 2020 g/mol. The van der Waals surface area contributed by atoms with Crippen molar-refractivity contribution in [2.45, 2.75) is 396 Å². The first-order chi connectivity index (χ1) is 70.8. The van der Waals surface area contributed by atoms with Crippen molar-refractivity contribution in [1.29, 1.82) is 0 Å². The minimum Gasteiger partial charge on any atom is -0.477 e. The topological polar surface area (TPSA) is 290 Å². The van der Waals surface area contributed by atoms with Gasteiger partial charge in [-0.2, -0.15) is 9.67 Å². The number of aromatic carboxylic acids is 4. The first kappa shape index (κ1) is 117. The fourth-order valence-corrected chi connectivity index (χ4v) is 29.5. The number of amides is 4. The van der Waals surface area contributed by atoms with Crippen molar-refractivity contribution in [2.75, 3.05) is 19.6 Å². The second-order valence-electron chi connectivity index (χ2n) is 46.7. The lowest BCUT2D eigenvalue weighted by Gasteiger charge is -2.39. The van der Waals surface area contributed by atoms with Crippen molar-refractivity contribution in [2.24, 2.45) is 86.3 Å². The van der Waals surface area contributed by atoms with E-state index in [-0.39, 0.29) is 113 Å². The number of aromatic nitrogens is 4. The summed E-state index contributed by atoms with van der Waals surface area (Å²) in [4.78, 5) is 127. The predicted octanol–water partition coefficient (Wildman–Crippen LogP) is 28.6. The molecule has 0 bridgehead atoms. The summed E-state index contributed by atoms with van der Waals surface area (Å²) in [6.07, 6.45) is 42.5. The van der Waals surface area contributed by atoms with E-state index in [0.717, 1.165) is 229 Å². The highest BCUT2D eigenvalue weighted by Gasteiger charge is 2.45. The first-order valence-electron chi connectivity index (χ1n) is 54.3. The number of pyridine rings is 2. The van der Waals surface area contributed by atoms with Crippen LogP contribution in [0.25, 0.3) is 0 Å². The molecule has 22 nitrogen and oxygen atoms in total. The van der Waals surface area contributed by atoms with Crippen molar-refractivity contribution < 1.29 is 63.3 Å². The van der Waals surface area contributed by atoms with Gasteiger partial charge in [-0.3, -0.25) is 24.2 Å². The number of nitrogens with zero attached hydrogens (tertiary/aromatic N) is 10. The zero-order chi connectivity index (χ0) is 107. The molecule has 1 aliphatic heterocycles. The van der Waals surface area contributed by atoms with Crippen LogP contribution in [-0.4, -0.2) is 139 Å². The fraction of sp³-hybridized carbons (Fsp3) is 0.605. The minimum atomic E-state index is -0.989. The zero-order valence-electron chi connectivity index (χ0n) is 90.7. The van der Waals surface area contributed by atoms with Crippen molar-refractivity contribution in [3.63, 3.8) is 0 Å². The van der Waals surface area contributed by atoms with Crippen molar-refractivity contribution >= 4 is 174 Å². The number of carboxylic acid groups (broad SMARTS) is 4. The maximum atomic E-state index is 14.1. The molecular formula is C119H157N10O12S8+. The molecule has 0 spiro atoms. The molecule has 7 aromatic heterocycles. The molecule has 16 rings (SSSR count). The van der Waals surface area contributed by atoms with Gasteiger partial charge in [-0.1, -0.05) is 98.6 Å². The van der Waals surface area contributed by atoms with Gasteiger partial charge >= 0.3 is 23.9 Å². The van der Waals surface area contributed by atoms with Gasteiger partial charge < -0.3 is 44.6 Å². The Labute approximate surface area is 918 Å². The number of hydrogen-bond donors (Lipinski definition) is 4. The molecule has 8 heterocycles. The van der Waals surface area contributed by atoms with Crippen LogP contribution in [0.3, 0.4) is 0 Å². The molecule has 802 valence electrons. The Hall–Kier alpha value is -8.95. The number of thioether (sulfide) groups is 4. The quantitative estimate of drug-likeness (QED) is 0.0323. The van der Waals surface area contributed by atoms with Crippen LogP contribution in [0, 0.1) is 116 Å². The van der Waals surface area contributed by atoms with E-state index >= 15 is 0 Å². The standard InChI is InChI=1S/C31H40N2O3S2.C30H41N3O3S2.C30H38N2O3S2.C28H37N3O3S2/c1-21-9-11-22(12-10-21)29(34)33(26-20-25(17-18-31(2,3)4)38-28(26)30(35)36)23-13-15-24(16-14-23)37-27-8-6-7-19-32(27)5;1-6-32-18-17-31-29(32)38-23-13-11-22(12-14-23)33(27(34)21-9-7-20(2)8-10-21)25-19-24(15-16-30(3,4)5)37-26(25)28(35)36;1-20-5-7-21(8-6-20)28(33)32(22-9-11-23(12-10-22)36-24-14-17-31-18-15-24)26-19-25(13-16-30(2,3)4)37-27(26)29(34)35;1-18-5-7-19(8-6-18)26(32)31(20-9-11-21(12-10-20)35-24-14-16-29-30-24)23-17-22(13-15-28(2,3)4)36-25(23)27(33)34/h6-8,19-24H,9-16H2,1-5H3;17-23H,6-14H2,1-5H3,(H,35,36);14-15,17-23H,5-12H2,1-4H3,(H,34,35);16-21H,5-12,14H2,1-4H3,(H,33,34)/p+1. The summed E-state index contributed by atoms with van der Waals surface area (Å²) in [5.74, 6) is 24.5. The maximum Gasteiger partial charge on any atom is 0.348 e. The normalized spacial score (nSPS) is 24.5. The van der Waals surface area contributed by atoms with Gasteiger partial charge in [0.15, 0.2) is 11.4 Å². The van der Waals surface area contributed by atoms with Gasteiger partial charge in [-0.05, 0) is 362 Å². The number of thiophene rings is 4. The van der Waals surface area contributed by atoms with Gasteiger partial charge in [-0.15, -0.1) is 74.0 Å². The Bertz CT molecular complexity index is 6090. The summed E-state index contributed by atoms with van der Waals surface area (Å²) in [7, 11) is 2.07. The second kappa shape index (κ2) is 53.7. The van der Waals surface area contributed by atoms with Gasteiger partial charge in [-0.25, -0.2) is 24.2 Å². The number of carbonyl (C=O) groups is 8. The number of hydrogen-bond acceptors (Lipinski definition) is 20. The van der Waals surface area contributed by atoms with Crippen molar-refractivity contribution in [3.8, 4) is 47.4 Å². The maximum absolute atomic E-state index is 14.1. The Morgan fingerprint density at radius 1 is 0.389 bits per heavy atom. The number of aryl methyl sites for hydroxylation is 2. The molecule has 4 N–H and O–H groups in total. The van der Waals surface area contributed by atoms with Crippen molar-refractivity contribution in [1.82, 2.24) is 14.5 Å². The SMILES string of the molecule is CC1CCC(C(=O)N(c2cc(C#CC(C)(C)C)sc2C(=O)O)C2CCC(SC3=NN=CC3)CC2)CC1.CC1CCC(C(=O)N(c2cc(C#CC(C)(C)C)sc2C(=O)O)C2CCC(Sc3cccc[n+]3C)CC2)CC1.CC1CCC(C(=O)N(c2cc(C#CC(C)(C)C)sc2C(=O)O)C2CCC(Sc3ccncc3)CC2)CC1.CCn1ccnc1SC1CCC(N(C(=O)C2CCC(C)CC2)c2cc(C#CC(C)(C)C)sc2C(=O)O)CC1. The Balaban J connectivity index is 0.000000166. The van der Waals surface area contributed by atoms with E-state index in [1.807, 2.05) is 211 Å². The molecule has 30 heteroatoms. The first-order valence-corrected chi connectivity index (χ1v) is 61.1. The Morgan fingerprint density at radius 3 is 0.960 bits per heavy atom. The molecule has 0 aromatic carbocycles. The van der Waals surface area contributed by atoms with Crippen LogP contribution in [0.15, 0.2) is 111 Å². The van der Waals surface area contributed by atoms with E-state index in [2.05, 4.69) is 137 Å². The summed E-state index contributed by atoms with van der Waals surface area (Å²) in [5, 5.41) is 53.9. The highest BCUT2D eigenvalue weighted by atomic mass is 32.2. The Morgan fingerprint density at radius 2 is 0.685 bits per heavy atom. The van der Waals surface area contributed by atoms with Gasteiger partial charge in [0.2, 0.25) is 28.7 Å². The van der Waals surface area contributed by atoms with Crippen molar-refractivity contribution in [3.05, 3.63) is 125 Å². The number of rotatable bonds is 24. The molecule has 8 saturated carbocycles. The summed E-state index contributed by atoms with van der Waals surface area (Å²) in [6, 6.07) is 17.8. The molecule has 0 atom stereocenters. The zero-order valence-corrected chi connectivity index (χ0v) is 97.3. The fourth-order valence-electron chi connectivity index (χ4n) is 21.3. The predicted molar refractivity (Wildman–Crippen MR) is 615 cm³/mol. The third-order valence-corrected chi connectivity index (χ3v) is 39.3. The molecule has 4 amide bonds. The lowest BCUT2D eigenvalue weighted by Crippen LogP contribution is -2.47. The molecule has 149 heavy (non-hydrogen) atoms. The highest BCUT2D eigenvalue weighted by Crippen LogP contribution is 2.49.